The molecular formula is C15H12BrN5O3. The van der Waals surface area contributed by atoms with Crippen molar-refractivity contribution in [1.82, 2.24) is 25.6 Å². The van der Waals surface area contributed by atoms with E-state index in [-0.39, 0.29) is 16.9 Å². The molecule has 0 spiro atoms. The average Bonchev–Trinajstić information content (AvgIpc) is 3.02. The van der Waals surface area contributed by atoms with Crippen molar-refractivity contribution in [2.75, 3.05) is 0 Å². The van der Waals surface area contributed by atoms with E-state index >= 15 is 0 Å². The van der Waals surface area contributed by atoms with Gasteiger partial charge in [0.05, 0.1) is 5.39 Å². The highest BCUT2D eigenvalue weighted by molar-refractivity contribution is 9.10. The summed E-state index contributed by atoms with van der Waals surface area (Å²) < 4.78 is 1.80. The Morgan fingerprint density at radius 1 is 1.17 bits per heavy atom. The number of fused-ring (bicyclic) bond motifs is 1. The number of hydrogen-bond acceptors (Lipinski definition) is 4. The summed E-state index contributed by atoms with van der Waals surface area (Å²) in [5.74, 6) is -1.14. The standard InChI is InChI=1S/C15H12BrN5O3/c1-21-15(24)10-5-3-2-4-9(10)12(20-21)14(23)19-18-13(22)11-6-8(16)7-17-11/h2-7,17H,1H3,(H,18,22)(H,19,23). The molecule has 2 heterocycles. The number of aromatic amines is 1. The molecule has 0 radical (unpaired) electrons. The summed E-state index contributed by atoms with van der Waals surface area (Å²) in [5.41, 5.74) is 4.60. The molecule has 0 atom stereocenters. The van der Waals surface area contributed by atoms with Gasteiger partial charge in [0, 0.05) is 23.1 Å². The van der Waals surface area contributed by atoms with E-state index in [9.17, 15) is 14.4 Å². The second-order valence-corrected chi connectivity index (χ2v) is 5.88. The Bertz CT molecular complexity index is 1010. The molecule has 0 aliphatic rings. The molecule has 24 heavy (non-hydrogen) atoms. The maximum Gasteiger partial charge on any atom is 0.290 e. The lowest BCUT2D eigenvalue weighted by Gasteiger charge is -2.09. The molecule has 0 bridgehead atoms. The number of hydrogen-bond donors (Lipinski definition) is 3. The molecule has 0 saturated carbocycles. The summed E-state index contributed by atoms with van der Waals surface area (Å²) in [6.45, 7) is 0. The summed E-state index contributed by atoms with van der Waals surface area (Å²) in [7, 11) is 1.46. The van der Waals surface area contributed by atoms with Crippen molar-refractivity contribution in [3.63, 3.8) is 0 Å². The summed E-state index contributed by atoms with van der Waals surface area (Å²) >= 11 is 3.22. The van der Waals surface area contributed by atoms with E-state index in [0.29, 0.717) is 15.2 Å². The van der Waals surface area contributed by atoms with Gasteiger partial charge in [-0.05, 0) is 28.1 Å². The van der Waals surface area contributed by atoms with Crippen LogP contribution in [0.2, 0.25) is 0 Å². The minimum atomic E-state index is -0.624. The third-order valence-electron chi connectivity index (χ3n) is 3.35. The Morgan fingerprint density at radius 3 is 2.50 bits per heavy atom. The first-order valence-corrected chi connectivity index (χ1v) is 7.67. The van der Waals surface area contributed by atoms with Crippen LogP contribution in [0.1, 0.15) is 21.0 Å². The second kappa shape index (κ2) is 6.28. The molecule has 122 valence electrons. The fourth-order valence-corrected chi connectivity index (χ4v) is 2.55. The highest BCUT2D eigenvalue weighted by Gasteiger charge is 2.16. The van der Waals surface area contributed by atoms with Crippen molar-refractivity contribution < 1.29 is 9.59 Å². The van der Waals surface area contributed by atoms with Gasteiger partial charge in [0.1, 0.15) is 5.69 Å². The average molecular weight is 390 g/mol. The van der Waals surface area contributed by atoms with Gasteiger partial charge in [0.25, 0.3) is 17.4 Å². The van der Waals surface area contributed by atoms with Crippen molar-refractivity contribution in [3.8, 4) is 0 Å². The monoisotopic (exact) mass is 389 g/mol. The fourth-order valence-electron chi connectivity index (χ4n) is 2.21. The normalized spacial score (nSPS) is 10.6. The van der Waals surface area contributed by atoms with Crippen molar-refractivity contribution >= 4 is 38.5 Å². The number of nitrogens with zero attached hydrogens (tertiary/aromatic N) is 2. The third-order valence-corrected chi connectivity index (χ3v) is 3.81. The van der Waals surface area contributed by atoms with Crippen LogP contribution in [0, 0.1) is 0 Å². The number of halogens is 1. The zero-order valence-electron chi connectivity index (χ0n) is 12.5. The lowest BCUT2D eigenvalue weighted by molar-refractivity contribution is 0.0841. The number of aryl methyl sites for hydroxylation is 1. The smallest absolute Gasteiger partial charge is 0.290 e. The summed E-state index contributed by atoms with van der Waals surface area (Å²) in [4.78, 5) is 39.1. The van der Waals surface area contributed by atoms with Crippen LogP contribution in [0.15, 0.2) is 45.8 Å². The van der Waals surface area contributed by atoms with Crippen molar-refractivity contribution in [2.45, 2.75) is 0 Å². The van der Waals surface area contributed by atoms with Gasteiger partial charge in [-0.1, -0.05) is 18.2 Å². The zero-order chi connectivity index (χ0) is 17.3. The van der Waals surface area contributed by atoms with Gasteiger partial charge in [-0.25, -0.2) is 4.68 Å². The van der Waals surface area contributed by atoms with Gasteiger partial charge in [-0.15, -0.1) is 0 Å². The van der Waals surface area contributed by atoms with Crippen molar-refractivity contribution in [2.24, 2.45) is 7.05 Å². The van der Waals surface area contributed by atoms with E-state index in [1.165, 1.54) is 7.05 Å². The minimum absolute atomic E-state index is 0.0423. The van der Waals surface area contributed by atoms with Crippen LogP contribution in [-0.4, -0.2) is 26.6 Å². The Hall–Kier alpha value is -2.94. The minimum Gasteiger partial charge on any atom is -0.356 e. The van der Waals surface area contributed by atoms with E-state index in [1.54, 1.807) is 36.5 Å². The van der Waals surface area contributed by atoms with Crippen molar-refractivity contribution in [1.29, 1.82) is 0 Å². The van der Waals surface area contributed by atoms with Gasteiger partial charge in [-0.2, -0.15) is 5.10 Å². The Balaban J connectivity index is 1.85. The van der Waals surface area contributed by atoms with Gasteiger partial charge >= 0.3 is 0 Å². The summed E-state index contributed by atoms with van der Waals surface area (Å²) in [6, 6.07) is 8.22. The first-order chi connectivity index (χ1) is 11.5. The highest BCUT2D eigenvalue weighted by Crippen LogP contribution is 2.13. The van der Waals surface area contributed by atoms with Crippen LogP contribution in [0.25, 0.3) is 10.8 Å². The largest absolute Gasteiger partial charge is 0.356 e. The van der Waals surface area contributed by atoms with E-state index in [1.807, 2.05) is 0 Å². The number of carbonyl (C=O) groups is 2. The van der Waals surface area contributed by atoms with Crippen LogP contribution < -0.4 is 16.4 Å². The van der Waals surface area contributed by atoms with E-state index in [2.05, 4.69) is 36.9 Å². The number of amides is 2. The zero-order valence-corrected chi connectivity index (χ0v) is 14.0. The molecule has 1 aromatic carbocycles. The SMILES string of the molecule is Cn1nc(C(=O)NNC(=O)c2cc(Br)c[nH]2)c2ccccc2c1=O. The molecule has 0 aliphatic heterocycles. The van der Waals surface area contributed by atoms with E-state index in [4.69, 9.17) is 0 Å². The Kier molecular flexibility index (Phi) is 4.17. The molecule has 0 saturated heterocycles. The molecule has 3 aromatic rings. The van der Waals surface area contributed by atoms with Crippen LogP contribution in [0.3, 0.4) is 0 Å². The van der Waals surface area contributed by atoms with Gasteiger partial charge < -0.3 is 4.98 Å². The summed E-state index contributed by atoms with van der Waals surface area (Å²) in [5, 5.41) is 4.77. The van der Waals surface area contributed by atoms with Crippen molar-refractivity contribution in [3.05, 3.63) is 62.7 Å². The number of H-pyrrole nitrogens is 1. The highest BCUT2D eigenvalue weighted by atomic mass is 79.9. The second-order valence-electron chi connectivity index (χ2n) is 4.96. The molecule has 2 amide bonds. The molecule has 9 heteroatoms. The maximum absolute atomic E-state index is 12.3. The number of carbonyl (C=O) groups excluding carboxylic acids is 2. The first-order valence-electron chi connectivity index (χ1n) is 6.88. The number of benzene rings is 1. The topological polar surface area (TPSA) is 109 Å². The number of nitrogens with one attached hydrogen (secondary N) is 3. The molecule has 3 rings (SSSR count). The van der Waals surface area contributed by atoms with E-state index in [0.717, 1.165) is 4.68 Å². The number of hydrazine groups is 1. The van der Waals surface area contributed by atoms with Gasteiger partial charge in [0.2, 0.25) is 0 Å². The summed E-state index contributed by atoms with van der Waals surface area (Å²) in [6.07, 6.45) is 1.60. The molecule has 8 nitrogen and oxygen atoms in total. The van der Waals surface area contributed by atoms with Gasteiger partial charge in [-0.3, -0.25) is 25.2 Å². The Labute approximate surface area is 144 Å². The quantitative estimate of drug-likeness (QED) is 0.570. The number of rotatable bonds is 2. The lowest BCUT2D eigenvalue weighted by atomic mass is 10.1. The number of aromatic nitrogens is 3. The molecule has 0 unspecified atom stereocenters. The Morgan fingerprint density at radius 2 is 1.83 bits per heavy atom. The lowest BCUT2D eigenvalue weighted by Crippen LogP contribution is -2.42. The predicted octanol–water partition coefficient (Wildman–Crippen LogP) is 1.10. The van der Waals surface area contributed by atoms with Crippen LogP contribution in [0.5, 0.6) is 0 Å². The molecular weight excluding hydrogens is 378 g/mol. The molecule has 3 N–H and O–H groups in total. The van der Waals surface area contributed by atoms with Crippen LogP contribution in [0.4, 0.5) is 0 Å². The predicted molar refractivity (Wildman–Crippen MR) is 90.4 cm³/mol. The van der Waals surface area contributed by atoms with Crippen LogP contribution >= 0.6 is 15.9 Å². The van der Waals surface area contributed by atoms with Crippen LogP contribution in [-0.2, 0) is 7.05 Å². The van der Waals surface area contributed by atoms with E-state index < -0.39 is 11.8 Å². The maximum atomic E-state index is 12.3. The molecule has 2 aromatic heterocycles. The van der Waals surface area contributed by atoms with Gasteiger partial charge in [0.15, 0.2) is 5.69 Å². The fraction of sp³-hybridized carbons (Fsp3) is 0.0667. The molecule has 0 fully saturated rings. The first kappa shape index (κ1) is 15.9. The molecule has 0 aliphatic carbocycles. The third kappa shape index (κ3) is 2.93.